The van der Waals surface area contributed by atoms with Gasteiger partial charge in [0, 0.05) is 18.0 Å². The molecule has 28 heavy (non-hydrogen) atoms. The molecule has 1 saturated carbocycles. The molecule has 0 unspecified atom stereocenters. The number of halogens is 1. The van der Waals surface area contributed by atoms with Crippen molar-refractivity contribution in [3.8, 4) is 11.6 Å². The Morgan fingerprint density at radius 1 is 1.18 bits per heavy atom. The number of hydrogen-bond donors (Lipinski definition) is 0. The SMILES string of the molecule is ClC1(c2ccc3c(c2)COCc2nncn2-3)CCC(Oc2cnccn2)CC1. The van der Waals surface area contributed by atoms with Gasteiger partial charge in [-0.25, -0.2) is 4.98 Å². The molecular formula is C20H20ClN5O2. The monoisotopic (exact) mass is 397 g/mol. The van der Waals surface area contributed by atoms with Gasteiger partial charge in [-0.15, -0.1) is 21.8 Å². The van der Waals surface area contributed by atoms with E-state index in [1.165, 1.54) is 0 Å². The Labute approximate surface area is 167 Å². The van der Waals surface area contributed by atoms with Gasteiger partial charge in [-0.05, 0) is 43.4 Å². The molecule has 2 aromatic heterocycles. The largest absolute Gasteiger partial charge is 0.473 e. The molecule has 3 heterocycles. The third-order valence-electron chi connectivity index (χ3n) is 5.52. The van der Waals surface area contributed by atoms with Crippen LogP contribution in [0.15, 0.2) is 43.1 Å². The van der Waals surface area contributed by atoms with Crippen LogP contribution in [0.3, 0.4) is 0 Å². The van der Waals surface area contributed by atoms with Crippen LogP contribution in [0.4, 0.5) is 0 Å². The van der Waals surface area contributed by atoms with Crippen molar-refractivity contribution in [2.45, 2.75) is 49.9 Å². The van der Waals surface area contributed by atoms with Gasteiger partial charge in [-0.3, -0.25) is 9.55 Å². The highest BCUT2D eigenvalue weighted by Crippen LogP contribution is 2.44. The highest BCUT2D eigenvalue weighted by Gasteiger charge is 2.36. The summed E-state index contributed by atoms with van der Waals surface area (Å²) in [6.45, 7) is 0.995. The van der Waals surface area contributed by atoms with E-state index in [0.717, 1.165) is 48.3 Å². The normalized spacial score (nSPS) is 24.1. The molecule has 0 spiro atoms. The zero-order valence-corrected chi connectivity index (χ0v) is 16.0. The Hall–Kier alpha value is -2.51. The number of aromatic nitrogens is 5. The molecule has 0 atom stereocenters. The smallest absolute Gasteiger partial charge is 0.232 e. The lowest BCUT2D eigenvalue weighted by molar-refractivity contribution is 0.105. The zero-order valence-electron chi connectivity index (χ0n) is 15.3. The van der Waals surface area contributed by atoms with Gasteiger partial charge in [0.25, 0.3) is 0 Å². The summed E-state index contributed by atoms with van der Waals surface area (Å²) in [7, 11) is 0. The maximum absolute atomic E-state index is 7.08. The fourth-order valence-electron chi connectivity index (χ4n) is 4.00. The number of alkyl halides is 1. The average Bonchev–Trinajstić information content (AvgIpc) is 3.12. The molecule has 3 aromatic rings. The van der Waals surface area contributed by atoms with Crippen LogP contribution in [0.1, 0.15) is 42.6 Å². The quantitative estimate of drug-likeness (QED) is 0.629. The molecule has 0 saturated heterocycles. The Morgan fingerprint density at radius 2 is 2.07 bits per heavy atom. The number of fused-ring (bicyclic) bond motifs is 3. The molecule has 0 N–H and O–H groups in total. The second-order valence-corrected chi connectivity index (χ2v) is 8.00. The Balaban J connectivity index is 1.34. The van der Waals surface area contributed by atoms with Crippen LogP contribution in [0.5, 0.6) is 5.88 Å². The summed E-state index contributed by atoms with van der Waals surface area (Å²) in [4.78, 5) is 7.86. The minimum atomic E-state index is -0.389. The highest BCUT2D eigenvalue weighted by molar-refractivity contribution is 6.24. The van der Waals surface area contributed by atoms with E-state index in [9.17, 15) is 0 Å². The van der Waals surface area contributed by atoms with E-state index in [4.69, 9.17) is 21.1 Å². The lowest BCUT2D eigenvalue weighted by Crippen LogP contribution is -2.32. The Bertz CT molecular complexity index is 970. The van der Waals surface area contributed by atoms with Gasteiger partial charge >= 0.3 is 0 Å². The maximum Gasteiger partial charge on any atom is 0.232 e. The van der Waals surface area contributed by atoms with Crippen LogP contribution in [-0.2, 0) is 22.8 Å². The lowest BCUT2D eigenvalue weighted by Gasteiger charge is -2.36. The van der Waals surface area contributed by atoms with Crippen molar-refractivity contribution in [3.05, 3.63) is 60.1 Å². The van der Waals surface area contributed by atoms with E-state index in [0.29, 0.717) is 19.1 Å². The van der Waals surface area contributed by atoms with Crippen LogP contribution in [-0.4, -0.2) is 30.8 Å². The molecule has 0 amide bonds. The van der Waals surface area contributed by atoms with E-state index < -0.39 is 0 Å². The van der Waals surface area contributed by atoms with Gasteiger partial charge in [-0.2, -0.15) is 0 Å². The second-order valence-electron chi connectivity index (χ2n) is 7.28. The van der Waals surface area contributed by atoms with Crippen LogP contribution >= 0.6 is 11.6 Å². The van der Waals surface area contributed by atoms with E-state index in [1.54, 1.807) is 24.9 Å². The minimum absolute atomic E-state index is 0.118. The molecule has 7 nitrogen and oxygen atoms in total. The summed E-state index contributed by atoms with van der Waals surface area (Å²) >= 11 is 7.08. The number of rotatable bonds is 3. The molecule has 5 rings (SSSR count). The molecule has 1 aliphatic carbocycles. The first-order valence-corrected chi connectivity index (χ1v) is 9.81. The third kappa shape index (κ3) is 3.25. The number of hydrogen-bond acceptors (Lipinski definition) is 6. The highest BCUT2D eigenvalue weighted by atomic mass is 35.5. The molecule has 1 aliphatic heterocycles. The fourth-order valence-corrected chi connectivity index (χ4v) is 4.33. The molecule has 0 bridgehead atoms. The third-order valence-corrected chi connectivity index (χ3v) is 6.11. The topological polar surface area (TPSA) is 75.0 Å². The van der Waals surface area contributed by atoms with Gasteiger partial charge in [-0.1, -0.05) is 6.07 Å². The Morgan fingerprint density at radius 3 is 2.89 bits per heavy atom. The fraction of sp³-hybridized carbons (Fsp3) is 0.400. The molecule has 1 aromatic carbocycles. The van der Waals surface area contributed by atoms with Crippen molar-refractivity contribution in [1.29, 1.82) is 0 Å². The molecular weight excluding hydrogens is 378 g/mol. The first-order chi connectivity index (χ1) is 13.7. The first kappa shape index (κ1) is 17.6. The molecule has 8 heteroatoms. The van der Waals surface area contributed by atoms with Crippen LogP contribution in [0, 0.1) is 0 Å². The van der Waals surface area contributed by atoms with E-state index in [1.807, 2.05) is 4.57 Å². The standard InChI is InChI=1S/C20H20ClN5O2/c21-20(5-3-16(4-6-20)28-19-10-22-7-8-23-19)15-1-2-17-14(9-15)11-27-12-18-25-24-13-26(17)18/h1-2,7-10,13,16H,3-6,11-12H2. The predicted octanol–water partition coefficient (Wildman–Crippen LogP) is 3.54. The van der Waals surface area contributed by atoms with Crippen LogP contribution < -0.4 is 4.74 Å². The first-order valence-electron chi connectivity index (χ1n) is 9.43. The maximum atomic E-state index is 7.08. The van der Waals surface area contributed by atoms with Gasteiger partial charge in [0.1, 0.15) is 19.0 Å². The summed E-state index contributed by atoms with van der Waals surface area (Å²) in [6, 6.07) is 6.38. The molecule has 0 radical (unpaired) electrons. The van der Waals surface area contributed by atoms with E-state index in [-0.39, 0.29) is 11.0 Å². The van der Waals surface area contributed by atoms with Crippen molar-refractivity contribution >= 4 is 11.6 Å². The summed E-state index contributed by atoms with van der Waals surface area (Å²) < 4.78 is 13.7. The summed E-state index contributed by atoms with van der Waals surface area (Å²) in [5.74, 6) is 1.38. The van der Waals surface area contributed by atoms with Crippen LogP contribution in [0.2, 0.25) is 0 Å². The molecule has 2 aliphatic rings. The number of nitrogens with zero attached hydrogens (tertiary/aromatic N) is 5. The van der Waals surface area contributed by atoms with Crippen molar-refractivity contribution in [1.82, 2.24) is 24.7 Å². The lowest BCUT2D eigenvalue weighted by atomic mass is 9.81. The summed E-state index contributed by atoms with van der Waals surface area (Å²) in [5, 5.41) is 8.12. The number of ether oxygens (including phenoxy) is 2. The number of benzene rings is 1. The predicted molar refractivity (Wildman–Crippen MR) is 102 cm³/mol. The second kappa shape index (κ2) is 7.14. The van der Waals surface area contributed by atoms with Gasteiger partial charge in [0.15, 0.2) is 5.82 Å². The van der Waals surface area contributed by atoms with E-state index in [2.05, 4.69) is 38.4 Å². The van der Waals surface area contributed by atoms with Crippen LogP contribution in [0.25, 0.3) is 5.69 Å². The van der Waals surface area contributed by atoms with Gasteiger partial charge in [0.05, 0.1) is 23.4 Å². The molecule has 1 fully saturated rings. The van der Waals surface area contributed by atoms with Crippen molar-refractivity contribution in [3.63, 3.8) is 0 Å². The van der Waals surface area contributed by atoms with Crippen molar-refractivity contribution in [2.24, 2.45) is 0 Å². The molecule has 144 valence electrons. The minimum Gasteiger partial charge on any atom is -0.473 e. The summed E-state index contributed by atoms with van der Waals surface area (Å²) in [6.07, 6.45) is 10.2. The zero-order chi connectivity index (χ0) is 19.0. The summed E-state index contributed by atoms with van der Waals surface area (Å²) in [5.41, 5.74) is 3.29. The Kier molecular flexibility index (Phi) is 4.49. The van der Waals surface area contributed by atoms with Gasteiger partial charge < -0.3 is 9.47 Å². The van der Waals surface area contributed by atoms with E-state index >= 15 is 0 Å². The van der Waals surface area contributed by atoms with Gasteiger partial charge in [0.2, 0.25) is 5.88 Å². The average molecular weight is 398 g/mol. The van der Waals surface area contributed by atoms with Crippen molar-refractivity contribution < 1.29 is 9.47 Å². The van der Waals surface area contributed by atoms with Crippen molar-refractivity contribution in [2.75, 3.05) is 0 Å².